The molecule has 0 unspecified atom stereocenters. The number of nitrogen functional groups attached to an aromatic ring is 1. The molecule has 1 rings (SSSR count). The fourth-order valence-electron chi connectivity index (χ4n) is 1.74. The van der Waals surface area contributed by atoms with E-state index in [0.29, 0.717) is 11.3 Å². The van der Waals surface area contributed by atoms with Gasteiger partial charge in [0.2, 0.25) is 0 Å². The van der Waals surface area contributed by atoms with Crippen LogP contribution in [-0.2, 0) is 6.42 Å². The lowest BCUT2D eigenvalue weighted by molar-refractivity contribution is 0.101. The number of carbonyl (C=O) groups excluding carboxylic acids is 2. The first kappa shape index (κ1) is 15.6. The van der Waals surface area contributed by atoms with Crippen LogP contribution in [0.5, 0.6) is 0 Å². The van der Waals surface area contributed by atoms with Gasteiger partial charge in [-0.25, -0.2) is 0 Å². The second-order valence-corrected chi connectivity index (χ2v) is 5.57. The van der Waals surface area contributed by atoms with E-state index >= 15 is 0 Å². The van der Waals surface area contributed by atoms with Gasteiger partial charge in [-0.15, -0.1) is 0 Å². The van der Waals surface area contributed by atoms with Crippen LogP contribution in [0.2, 0.25) is 0 Å². The average molecular weight is 280 g/mol. The maximum absolute atomic E-state index is 11.8. The van der Waals surface area contributed by atoms with Crippen LogP contribution in [0.1, 0.15) is 36.2 Å². The average Bonchev–Trinajstić information content (AvgIpc) is 2.33. The first-order valence-corrected chi connectivity index (χ1v) is 7.01. The maximum Gasteiger partial charge on any atom is 0.285 e. The normalized spacial score (nSPS) is 10.3. The number of hydrogen-bond acceptors (Lipinski definition) is 4. The van der Waals surface area contributed by atoms with Crippen molar-refractivity contribution in [2.45, 2.75) is 31.6 Å². The molecule has 0 aliphatic carbocycles. The summed E-state index contributed by atoms with van der Waals surface area (Å²) in [4.78, 5) is 25.6. The van der Waals surface area contributed by atoms with Gasteiger partial charge in [-0.1, -0.05) is 13.3 Å². The summed E-state index contributed by atoms with van der Waals surface area (Å²) in [5.41, 5.74) is 8.00. The minimum absolute atomic E-state index is 0.0488. The maximum atomic E-state index is 11.8. The molecule has 1 amide bonds. The zero-order valence-corrected chi connectivity index (χ0v) is 12.6. The number of nitrogens with two attached hydrogens (primary N) is 1. The SMILES string of the molecule is CCCc1c(SC(=O)N(C)C)ccc(C(C)=O)c1N. The van der Waals surface area contributed by atoms with Gasteiger partial charge in [0.25, 0.3) is 5.24 Å². The fraction of sp³-hybridized carbons (Fsp3) is 0.429. The highest BCUT2D eigenvalue weighted by Gasteiger charge is 2.16. The van der Waals surface area contributed by atoms with Gasteiger partial charge in [-0.2, -0.15) is 0 Å². The molecular formula is C14H20N2O2S. The van der Waals surface area contributed by atoms with Crippen LogP contribution >= 0.6 is 11.8 Å². The minimum atomic E-state index is -0.0506. The highest BCUT2D eigenvalue weighted by molar-refractivity contribution is 8.13. The van der Waals surface area contributed by atoms with E-state index < -0.39 is 0 Å². The molecule has 0 aliphatic rings. The van der Waals surface area contributed by atoms with Gasteiger partial charge in [0.05, 0.1) is 0 Å². The van der Waals surface area contributed by atoms with Crippen LogP contribution in [0.15, 0.2) is 17.0 Å². The van der Waals surface area contributed by atoms with Gasteiger partial charge in [0.15, 0.2) is 5.78 Å². The number of ketones is 1. The van der Waals surface area contributed by atoms with E-state index in [1.165, 1.54) is 11.8 Å². The molecule has 5 heteroatoms. The second kappa shape index (κ2) is 6.61. The van der Waals surface area contributed by atoms with Crippen LogP contribution < -0.4 is 5.73 Å². The van der Waals surface area contributed by atoms with E-state index in [0.717, 1.165) is 35.1 Å². The lowest BCUT2D eigenvalue weighted by atomic mass is 10.0. The molecule has 0 aromatic heterocycles. The third kappa shape index (κ3) is 3.73. The van der Waals surface area contributed by atoms with Crippen LogP contribution in [0, 0.1) is 0 Å². The molecule has 0 bridgehead atoms. The third-order valence-corrected chi connectivity index (χ3v) is 3.90. The number of benzene rings is 1. The number of amides is 1. The number of rotatable bonds is 4. The molecule has 0 radical (unpaired) electrons. The largest absolute Gasteiger partial charge is 0.398 e. The van der Waals surface area contributed by atoms with E-state index in [4.69, 9.17) is 5.73 Å². The monoisotopic (exact) mass is 280 g/mol. The summed E-state index contributed by atoms with van der Waals surface area (Å²) in [6, 6.07) is 3.51. The first-order valence-electron chi connectivity index (χ1n) is 6.19. The second-order valence-electron chi connectivity index (χ2n) is 4.57. The van der Waals surface area contributed by atoms with Gasteiger partial charge in [-0.05, 0) is 42.8 Å². The van der Waals surface area contributed by atoms with E-state index in [1.54, 1.807) is 20.2 Å². The Morgan fingerprint density at radius 3 is 2.42 bits per heavy atom. The van der Waals surface area contributed by atoms with Crippen molar-refractivity contribution in [2.24, 2.45) is 0 Å². The number of Topliss-reactive ketones (excluding diaryl/α,β-unsaturated/α-hetero) is 1. The van der Waals surface area contributed by atoms with Crippen molar-refractivity contribution in [3.63, 3.8) is 0 Å². The molecule has 0 atom stereocenters. The van der Waals surface area contributed by atoms with Crippen LogP contribution in [0.25, 0.3) is 0 Å². The van der Waals surface area contributed by atoms with Crippen LogP contribution in [0.4, 0.5) is 10.5 Å². The van der Waals surface area contributed by atoms with Crippen molar-refractivity contribution in [3.8, 4) is 0 Å². The first-order chi connectivity index (χ1) is 8.88. The van der Waals surface area contributed by atoms with Crippen molar-refractivity contribution >= 4 is 28.5 Å². The van der Waals surface area contributed by atoms with Crippen LogP contribution in [-0.4, -0.2) is 30.0 Å². The van der Waals surface area contributed by atoms with Gasteiger partial charge in [0, 0.05) is 30.2 Å². The molecule has 104 valence electrons. The number of nitrogens with zero attached hydrogens (tertiary/aromatic N) is 1. The molecule has 0 spiro atoms. The van der Waals surface area contributed by atoms with Crippen molar-refractivity contribution in [1.29, 1.82) is 0 Å². The topological polar surface area (TPSA) is 63.4 Å². The molecule has 0 heterocycles. The summed E-state index contributed by atoms with van der Waals surface area (Å²) in [5.74, 6) is -0.0506. The van der Waals surface area contributed by atoms with E-state index in [-0.39, 0.29) is 11.0 Å². The Hall–Kier alpha value is -1.49. The van der Waals surface area contributed by atoms with Crippen molar-refractivity contribution < 1.29 is 9.59 Å². The van der Waals surface area contributed by atoms with Gasteiger partial charge in [-0.3, -0.25) is 9.59 Å². The highest BCUT2D eigenvalue weighted by Crippen LogP contribution is 2.32. The van der Waals surface area contributed by atoms with Gasteiger partial charge < -0.3 is 10.6 Å². The highest BCUT2D eigenvalue weighted by atomic mass is 32.2. The number of thioether (sulfide) groups is 1. The lowest BCUT2D eigenvalue weighted by Gasteiger charge is -2.15. The molecule has 0 saturated carbocycles. The molecule has 19 heavy (non-hydrogen) atoms. The minimum Gasteiger partial charge on any atom is -0.398 e. The molecule has 4 nitrogen and oxygen atoms in total. The Morgan fingerprint density at radius 1 is 1.32 bits per heavy atom. The molecule has 0 fully saturated rings. The Labute approximate surface area is 118 Å². The van der Waals surface area contributed by atoms with Gasteiger partial charge >= 0.3 is 0 Å². The Bertz CT molecular complexity index is 498. The van der Waals surface area contributed by atoms with Crippen molar-refractivity contribution in [2.75, 3.05) is 19.8 Å². The van der Waals surface area contributed by atoms with E-state index in [2.05, 4.69) is 0 Å². The van der Waals surface area contributed by atoms with E-state index in [9.17, 15) is 9.59 Å². The van der Waals surface area contributed by atoms with Crippen molar-refractivity contribution in [1.82, 2.24) is 4.90 Å². The summed E-state index contributed by atoms with van der Waals surface area (Å²) in [5, 5.41) is -0.0488. The predicted octanol–water partition coefficient (Wildman–Crippen LogP) is 3.20. The zero-order valence-electron chi connectivity index (χ0n) is 11.8. The number of carbonyl (C=O) groups is 2. The molecular weight excluding hydrogens is 260 g/mol. The Kier molecular flexibility index (Phi) is 5.42. The van der Waals surface area contributed by atoms with E-state index in [1.807, 2.05) is 13.0 Å². The summed E-state index contributed by atoms with van der Waals surface area (Å²) in [6.07, 6.45) is 1.67. The van der Waals surface area contributed by atoms with Crippen LogP contribution in [0.3, 0.4) is 0 Å². The Balaban J connectivity index is 3.21. The molecule has 1 aromatic carbocycles. The molecule has 2 N–H and O–H groups in total. The quantitative estimate of drug-likeness (QED) is 0.522. The third-order valence-electron chi connectivity index (χ3n) is 2.76. The predicted molar refractivity (Wildman–Crippen MR) is 79.8 cm³/mol. The molecule has 0 aliphatic heterocycles. The lowest BCUT2D eigenvalue weighted by Crippen LogP contribution is -2.16. The Morgan fingerprint density at radius 2 is 1.95 bits per heavy atom. The smallest absolute Gasteiger partial charge is 0.285 e. The zero-order chi connectivity index (χ0) is 14.6. The summed E-state index contributed by atoms with van der Waals surface area (Å²) in [6.45, 7) is 3.54. The summed E-state index contributed by atoms with van der Waals surface area (Å²) in [7, 11) is 3.42. The fourth-order valence-corrected chi connectivity index (χ4v) is 2.58. The van der Waals surface area contributed by atoms with Gasteiger partial charge in [0.1, 0.15) is 0 Å². The standard InChI is InChI=1S/C14H20N2O2S/c1-5-6-11-12(19-14(18)16(3)4)8-7-10(9(2)17)13(11)15/h7-8H,5-6,15H2,1-4H3. The summed E-state index contributed by atoms with van der Waals surface area (Å²) < 4.78 is 0. The van der Waals surface area contributed by atoms with Crippen molar-refractivity contribution in [3.05, 3.63) is 23.3 Å². The molecule has 1 aromatic rings. The number of anilines is 1. The molecule has 0 saturated heterocycles. The summed E-state index contributed by atoms with van der Waals surface area (Å²) >= 11 is 1.15. The number of hydrogen-bond donors (Lipinski definition) is 1.